The molecule has 1 aliphatic heterocycles. The van der Waals surface area contributed by atoms with E-state index in [4.69, 9.17) is 9.47 Å². The van der Waals surface area contributed by atoms with Gasteiger partial charge in [0.1, 0.15) is 11.5 Å². The molecule has 1 saturated heterocycles. The maximum absolute atomic E-state index is 14.1. The van der Waals surface area contributed by atoms with Crippen molar-refractivity contribution in [1.82, 2.24) is 9.88 Å². The normalized spacial score (nSPS) is 16.4. The minimum atomic E-state index is -0.392. The Morgan fingerprint density at radius 3 is 2.72 bits per heavy atom. The molecule has 0 aliphatic carbocycles. The zero-order valence-corrected chi connectivity index (χ0v) is 18.0. The van der Waals surface area contributed by atoms with Gasteiger partial charge in [0.15, 0.2) is 11.6 Å². The molecule has 32 heavy (non-hydrogen) atoms. The number of aromatic nitrogens is 1. The van der Waals surface area contributed by atoms with Crippen LogP contribution in [0.3, 0.4) is 0 Å². The Hall–Kier alpha value is -3.45. The average molecular weight is 435 g/mol. The molecule has 7 heteroatoms. The predicted octanol–water partition coefficient (Wildman–Crippen LogP) is 5.01. The summed E-state index contributed by atoms with van der Waals surface area (Å²) < 4.78 is 24.8. The molecule has 166 valence electrons. The van der Waals surface area contributed by atoms with Crippen LogP contribution in [-0.4, -0.2) is 35.5 Å². The van der Waals surface area contributed by atoms with E-state index in [1.807, 2.05) is 24.3 Å². The van der Waals surface area contributed by atoms with E-state index in [1.54, 1.807) is 36.7 Å². The van der Waals surface area contributed by atoms with Gasteiger partial charge in [-0.2, -0.15) is 0 Å². The zero-order chi connectivity index (χ0) is 22.3. The third-order valence-electron chi connectivity index (χ3n) is 5.51. The molecule has 2 heterocycles. The third kappa shape index (κ3) is 5.42. The summed E-state index contributed by atoms with van der Waals surface area (Å²) in [6.45, 7) is 1.31. The van der Waals surface area contributed by atoms with Crippen molar-refractivity contribution in [3.8, 4) is 17.2 Å². The summed E-state index contributed by atoms with van der Waals surface area (Å²) >= 11 is 0. The van der Waals surface area contributed by atoms with Gasteiger partial charge in [-0.3, -0.25) is 14.7 Å². The number of anilines is 1. The highest BCUT2D eigenvalue weighted by Gasteiger charge is 2.29. The number of ether oxygens (including phenoxy) is 2. The van der Waals surface area contributed by atoms with Crippen LogP contribution in [0.4, 0.5) is 10.1 Å². The number of nitrogens with zero attached hydrogens (tertiary/aromatic N) is 2. The molecular weight excluding hydrogens is 409 g/mol. The minimum Gasteiger partial charge on any atom is -0.494 e. The van der Waals surface area contributed by atoms with Crippen molar-refractivity contribution in [2.24, 2.45) is 0 Å². The number of amides is 1. The first-order valence-electron chi connectivity index (χ1n) is 10.7. The Morgan fingerprint density at radius 1 is 1.16 bits per heavy atom. The molecule has 0 radical (unpaired) electrons. The molecule has 6 nitrogen and oxygen atoms in total. The summed E-state index contributed by atoms with van der Waals surface area (Å²) in [5, 5.41) is 3.01. The minimum absolute atomic E-state index is 0.0559. The summed E-state index contributed by atoms with van der Waals surface area (Å²) in [6, 6.07) is 15.6. The molecule has 0 saturated carbocycles. The van der Waals surface area contributed by atoms with Crippen LogP contribution in [0, 0.1) is 5.82 Å². The lowest BCUT2D eigenvalue weighted by molar-refractivity contribution is -0.122. The second-order valence-electron chi connectivity index (χ2n) is 7.76. The van der Waals surface area contributed by atoms with Crippen LogP contribution in [0.5, 0.6) is 17.2 Å². The van der Waals surface area contributed by atoms with Gasteiger partial charge in [0, 0.05) is 18.4 Å². The molecule has 1 aliphatic rings. The van der Waals surface area contributed by atoms with Crippen molar-refractivity contribution in [1.29, 1.82) is 0 Å². The van der Waals surface area contributed by atoms with E-state index in [0.717, 1.165) is 31.4 Å². The number of piperidine rings is 1. The van der Waals surface area contributed by atoms with Crippen molar-refractivity contribution in [3.63, 3.8) is 0 Å². The molecule has 1 N–H and O–H groups in total. The lowest BCUT2D eigenvalue weighted by Crippen LogP contribution is -2.46. The Morgan fingerprint density at radius 2 is 2.00 bits per heavy atom. The number of carbonyl (C=O) groups excluding carboxylic acids is 1. The summed E-state index contributed by atoms with van der Waals surface area (Å²) in [5.41, 5.74) is 1.52. The second-order valence-corrected chi connectivity index (χ2v) is 7.76. The van der Waals surface area contributed by atoms with Gasteiger partial charge in [0.05, 0.1) is 19.3 Å². The van der Waals surface area contributed by atoms with Crippen LogP contribution >= 0.6 is 0 Å². The highest BCUT2D eigenvalue weighted by molar-refractivity contribution is 5.94. The fraction of sp³-hybridized carbons (Fsp3) is 0.280. The van der Waals surface area contributed by atoms with Crippen LogP contribution in [0.2, 0.25) is 0 Å². The van der Waals surface area contributed by atoms with Gasteiger partial charge < -0.3 is 14.8 Å². The fourth-order valence-corrected chi connectivity index (χ4v) is 3.90. The van der Waals surface area contributed by atoms with Crippen LogP contribution in [-0.2, 0) is 11.3 Å². The van der Waals surface area contributed by atoms with Gasteiger partial charge in [0.2, 0.25) is 5.91 Å². The van der Waals surface area contributed by atoms with E-state index in [2.05, 4.69) is 15.2 Å². The number of rotatable bonds is 7. The van der Waals surface area contributed by atoms with Gasteiger partial charge in [-0.15, -0.1) is 0 Å². The Labute approximate surface area is 187 Å². The lowest BCUT2D eigenvalue weighted by Gasteiger charge is -2.34. The number of pyridine rings is 1. The van der Waals surface area contributed by atoms with E-state index < -0.39 is 5.82 Å². The van der Waals surface area contributed by atoms with E-state index in [0.29, 0.717) is 23.7 Å². The van der Waals surface area contributed by atoms with Crippen LogP contribution in [0.15, 0.2) is 67.0 Å². The molecular formula is C25H26FN3O3. The van der Waals surface area contributed by atoms with Crippen molar-refractivity contribution in [2.45, 2.75) is 31.8 Å². The van der Waals surface area contributed by atoms with E-state index in [1.165, 1.54) is 13.2 Å². The van der Waals surface area contributed by atoms with Crippen molar-refractivity contribution in [2.75, 3.05) is 19.0 Å². The highest BCUT2D eigenvalue weighted by atomic mass is 19.1. The smallest absolute Gasteiger partial charge is 0.241 e. The largest absolute Gasteiger partial charge is 0.494 e. The molecule has 1 aromatic heterocycles. The molecule has 1 unspecified atom stereocenters. The lowest BCUT2D eigenvalue weighted by atomic mass is 10.00. The molecule has 0 spiro atoms. The first kappa shape index (κ1) is 21.8. The summed E-state index contributed by atoms with van der Waals surface area (Å²) in [7, 11) is 1.45. The number of carbonyl (C=O) groups is 1. The maximum atomic E-state index is 14.1. The SMILES string of the molecule is COc1ccc(CN2CCCCC2C(=O)Nc2ccc(Oc3cccnc3)cc2)cc1F. The average Bonchev–Trinajstić information content (AvgIpc) is 2.81. The monoisotopic (exact) mass is 435 g/mol. The number of methoxy groups -OCH3 is 1. The van der Waals surface area contributed by atoms with E-state index in [-0.39, 0.29) is 17.7 Å². The number of hydrogen-bond donors (Lipinski definition) is 1. The number of likely N-dealkylation sites (tertiary alicyclic amines) is 1. The zero-order valence-electron chi connectivity index (χ0n) is 18.0. The number of benzene rings is 2. The Balaban J connectivity index is 1.39. The third-order valence-corrected chi connectivity index (χ3v) is 5.51. The Kier molecular flexibility index (Phi) is 6.97. The van der Waals surface area contributed by atoms with Gasteiger partial charge in [-0.25, -0.2) is 4.39 Å². The molecule has 2 aromatic carbocycles. The molecule has 1 atom stereocenters. The van der Waals surface area contributed by atoms with Crippen LogP contribution < -0.4 is 14.8 Å². The molecule has 1 fully saturated rings. The van der Waals surface area contributed by atoms with E-state index in [9.17, 15) is 9.18 Å². The first-order valence-corrected chi connectivity index (χ1v) is 10.7. The van der Waals surface area contributed by atoms with Gasteiger partial charge >= 0.3 is 0 Å². The van der Waals surface area contributed by atoms with Crippen LogP contribution in [0.25, 0.3) is 0 Å². The van der Waals surface area contributed by atoms with Gasteiger partial charge in [-0.1, -0.05) is 12.5 Å². The van der Waals surface area contributed by atoms with Crippen molar-refractivity contribution in [3.05, 3.63) is 78.4 Å². The number of halogens is 1. The standard InChI is InChI=1S/C25H26FN3O3/c1-31-24-12-7-18(15-22(24)26)17-29-14-3-2-6-23(29)25(30)28-19-8-10-20(11-9-19)32-21-5-4-13-27-16-21/h4-5,7-13,15-16,23H,2-3,6,14,17H2,1H3,(H,28,30). The summed E-state index contributed by atoms with van der Waals surface area (Å²) in [6.07, 6.45) is 6.10. The fourth-order valence-electron chi connectivity index (χ4n) is 3.90. The highest BCUT2D eigenvalue weighted by Crippen LogP contribution is 2.25. The molecule has 3 aromatic rings. The van der Waals surface area contributed by atoms with Crippen LogP contribution in [0.1, 0.15) is 24.8 Å². The van der Waals surface area contributed by atoms with E-state index >= 15 is 0 Å². The quantitative estimate of drug-likeness (QED) is 0.565. The maximum Gasteiger partial charge on any atom is 0.241 e. The van der Waals surface area contributed by atoms with Crippen molar-refractivity contribution >= 4 is 11.6 Å². The van der Waals surface area contributed by atoms with Gasteiger partial charge in [0.25, 0.3) is 0 Å². The first-order chi connectivity index (χ1) is 15.6. The van der Waals surface area contributed by atoms with Crippen molar-refractivity contribution < 1.29 is 18.7 Å². The second kappa shape index (κ2) is 10.2. The molecule has 1 amide bonds. The number of nitrogens with one attached hydrogen (secondary N) is 1. The topological polar surface area (TPSA) is 63.7 Å². The molecule has 0 bridgehead atoms. The Bertz CT molecular complexity index is 1040. The number of hydrogen-bond acceptors (Lipinski definition) is 5. The summed E-state index contributed by atoms with van der Waals surface area (Å²) in [5.74, 6) is 1.09. The predicted molar refractivity (Wildman–Crippen MR) is 120 cm³/mol. The summed E-state index contributed by atoms with van der Waals surface area (Å²) in [4.78, 5) is 19.2. The van der Waals surface area contributed by atoms with Gasteiger partial charge in [-0.05, 0) is 73.5 Å². The molecule has 4 rings (SSSR count).